The monoisotopic (exact) mass is 495 g/mol. The van der Waals surface area contributed by atoms with Crippen LogP contribution in [0, 0.1) is 5.92 Å². The first-order chi connectivity index (χ1) is 16.8. The van der Waals surface area contributed by atoms with Crippen LogP contribution in [0.3, 0.4) is 0 Å². The third kappa shape index (κ3) is 5.42. The summed E-state index contributed by atoms with van der Waals surface area (Å²) in [6.07, 6.45) is 9.10. The number of rotatable bonds is 7. The molecule has 0 atom stereocenters. The SMILES string of the molecule is CCCCc1nc2c(NC(C)(C)C)nc3cc(C4=CCN(C)CC4)sc3c2n1CC1CCOCC1. The summed E-state index contributed by atoms with van der Waals surface area (Å²) in [4.78, 5) is 14.2. The fourth-order valence-electron chi connectivity index (χ4n) is 5.21. The lowest BCUT2D eigenvalue weighted by Gasteiger charge is -2.24. The molecular weight excluding hydrogens is 454 g/mol. The number of thiophene rings is 1. The number of nitrogens with one attached hydrogen (secondary N) is 1. The highest BCUT2D eigenvalue weighted by atomic mass is 32.1. The van der Waals surface area contributed by atoms with Gasteiger partial charge in [-0.05, 0) is 71.1 Å². The highest BCUT2D eigenvalue weighted by Gasteiger charge is 2.25. The van der Waals surface area contributed by atoms with Crippen LogP contribution < -0.4 is 5.32 Å². The molecule has 0 amide bonds. The van der Waals surface area contributed by atoms with Crippen molar-refractivity contribution in [3.8, 4) is 0 Å². The summed E-state index contributed by atoms with van der Waals surface area (Å²) in [5, 5.41) is 3.69. The molecule has 0 bridgehead atoms. The summed E-state index contributed by atoms with van der Waals surface area (Å²) in [6.45, 7) is 13.8. The second-order valence-corrected chi connectivity index (χ2v) is 12.4. The van der Waals surface area contributed by atoms with E-state index in [-0.39, 0.29) is 5.54 Å². The van der Waals surface area contributed by atoms with Gasteiger partial charge in [0.25, 0.3) is 0 Å². The second-order valence-electron chi connectivity index (χ2n) is 11.4. The Balaban J connectivity index is 1.69. The molecule has 1 saturated heterocycles. The van der Waals surface area contributed by atoms with Crippen molar-refractivity contribution in [2.24, 2.45) is 5.92 Å². The molecule has 6 nitrogen and oxygen atoms in total. The molecule has 35 heavy (non-hydrogen) atoms. The zero-order chi connectivity index (χ0) is 24.6. The zero-order valence-electron chi connectivity index (χ0n) is 22.1. The van der Waals surface area contributed by atoms with Crippen molar-refractivity contribution in [1.82, 2.24) is 19.4 Å². The predicted molar refractivity (Wildman–Crippen MR) is 149 cm³/mol. The van der Waals surface area contributed by atoms with Gasteiger partial charge in [0, 0.05) is 49.7 Å². The number of unbranched alkanes of at least 4 members (excludes halogenated alkanes) is 1. The average Bonchev–Trinajstić information content (AvgIpc) is 3.40. The third-order valence-corrected chi connectivity index (χ3v) is 8.40. The summed E-state index contributed by atoms with van der Waals surface area (Å²) in [7, 11) is 2.19. The van der Waals surface area contributed by atoms with Gasteiger partial charge < -0.3 is 19.5 Å². The fraction of sp³-hybridized carbons (Fsp3) is 0.643. The Morgan fingerprint density at radius 2 is 2.00 bits per heavy atom. The van der Waals surface area contributed by atoms with Gasteiger partial charge in [-0.1, -0.05) is 19.4 Å². The van der Waals surface area contributed by atoms with E-state index in [1.165, 1.54) is 32.9 Å². The molecule has 5 heterocycles. The van der Waals surface area contributed by atoms with Gasteiger partial charge in [0.1, 0.15) is 11.3 Å². The molecule has 2 aliphatic heterocycles. The number of aromatic nitrogens is 3. The lowest BCUT2D eigenvalue weighted by atomic mass is 10.00. The number of anilines is 1. The van der Waals surface area contributed by atoms with Gasteiger partial charge in [-0.25, -0.2) is 9.97 Å². The van der Waals surface area contributed by atoms with Gasteiger partial charge in [0.2, 0.25) is 0 Å². The third-order valence-electron chi connectivity index (χ3n) is 7.19. The van der Waals surface area contributed by atoms with E-state index in [2.05, 4.69) is 61.7 Å². The Morgan fingerprint density at radius 1 is 1.20 bits per heavy atom. The van der Waals surface area contributed by atoms with Crippen molar-refractivity contribution >= 4 is 44.0 Å². The van der Waals surface area contributed by atoms with Crippen LogP contribution in [0.4, 0.5) is 5.82 Å². The number of likely N-dealkylation sites (N-methyl/N-ethyl adjacent to an activating group) is 1. The van der Waals surface area contributed by atoms with Crippen molar-refractivity contribution < 1.29 is 4.74 Å². The summed E-state index contributed by atoms with van der Waals surface area (Å²) in [5.74, 6) is 2.78. The molecule has 7 heteroatoms. The Hall–Kier alpha value is -1.96. The first-order valence-electron chi connectivity index (χ1n) is 13.4. The van der Waals surface area contributed by atoms with Crippen LogP contribution in [0.2, 0.25) is 0 Å². The normalized spacial score (nSPS) is 18.5. The molecule has 0 aromatic carbocycles. The molecule has 3 aromatic rings. The quantitative estimate of drug-likeness (QED) is 0.414. The Kier molecular flexibility index (Phi) is 7.20. The van der Waals surface area contributed by atoms with E-state index < -0.39 is 0 Å². The molecule has 0 unspecified atom stereocenters. The van der Waals surface area contributed by atoms with Crippen LogP contribution in [0.5, 0.6) is 0 Å². The minimum Gasteiger partial charge on any atom is -0.381 e. The van der Waals surface area contributed by atoms with E-state index in [4.69, 9.17) is 14.7 Å². The molecule has 0 saturated carbocycles. The maximum atomic E-state index is 5.67. The summed E-state index contributed by atoms with van der Waals surface area (Å²) < 4.78 is 9.52. The van der Waals surface area contributed by atoms with Crippen LogP contribution in [-0.4, -0.2) is 58.3 Å². The molecule has 0 radical (unpaired) electrons. The molecule has 190 valence electrons. The number of ether oxygens (including phenoxy) is 1. The number of pyridine rings is 1. The standard InChI is InChI=1S/C28H41N5OS/c1-6-7-8-23-30-24-25(33(23)18-19-11-15-34-16-12-19)26-21(29-27(24)31-28(2,3)4)17-22(35-26)20-9-13-32(5)14-10-20/h9,17,19H,6-8,10-16,18H2,1-5H3,(H,29,31). The van der Waals surface area contributed by atoms with E-state index in [0.717, 1.165) is 81.8 Å². The van der Waals surface area contributed by atoms with Crippen molar-refractivity contribution in [1.29, 1.82) is 0 Å². The summed E-state index contributed by atoms with van der Waals surface area (Å²) in [6, 6.07) is 2.32. The minimum absolute atomic E-state index is 0.0863. The van der Waals surface area contributed by atoms with Gasteiger partial charge in [0.05, 0.1) is 15.7 Å². The summed E-state index contributed by atoms with van der Waals surface area (Å²) >= 11 is 1.91. The number of aryl methyl sites for hydroxylation is 1. The number of fused-ring (bicyclic) bond motifs is 3. The van der Waals surface area contributed by atoms with E-state index in [9.17, 15) is 0 Å². The first kappa shape index (κ1) is 24.7. The van der Waals surface area contributed by atoms with Crippen molar-refractivity contribution in [2.75, 3.05) is 38.7 Å². The van der Waals surface area contributed by atoms with Crippen molar-refractivity contribution in [3.63, 3.8) is 0 Å². The number of hydrogen-bond acceptors (Lipinski definition) is 6. The molecule has 0 spiro atoms. The molecule has 0 aliphatic carbocycles. The Labute approximate surface area is 213 Å². The van der Waals surface area contributed by atoms with Crippen LogP contribution >= 0.6 is 11.3 Å². The molecule has 2 aliphatic rings. The fourth-order valence-corrected chi connectivity index (χ4v) is 6.43. The molecule has 1 N–H and O–H groups in total. The zero-order valence-corrected chi connectivity index (χ0v) is 22.9. The van der Waals surface area contributed by atoms with E-state index in [0.29, 0.717) is 5.92 Å². The van der Waals surface area contributed by atoms with Gasteiger partial charge >= 0.3 is 0 Å². The number of nitrogens with zero attached hydrogens (tertiary/aromatic N) is 4. The van der Waals surface area contributed by atoms with E-state index in [1.54, 1.807) is 0 Å². The van der Waals surface area contributed by atoms with Gasteiger partial charge in [-0.15, -0.1) is 11.3 Å². The highest BCUT2D eigenvalue weighted by molar-refractivity contribution is 7.21. The largest absolute Gasteiger partial charge is 0.381 e. The molecule has 1 fully saturated rings. The smallest absolute Gasteiger partial charge is 0.155 e. The molecule has 3 aromatic heterocycles. The maximum Gasteiger partial charge on any atom is 0.155 e. The van der Waals surface area contributed by atoms with E-state index in [1.807, 2.05) is 11.3 Å². The maximum absolute atomic E-state index is 5.67. The first-order valence-corrected chi connectivity index (χ1v) is 14.2. The van der Waals surface area contributed by atoms with Crippen LogP contribution in [0.25, 0.3) is 26.8 Å². The molecule has 5 rings (SSSR count). The van der Waals surface area contributed by atoms with Crippen LogP contribution in [-0.2, 0) is 17.7 Å². The Morgan fingerprint density at radius 3 is 2.69 bits per heavy atom. The lowest BCUT2D eigenvalue weighted by Crippen LogP contribution is -2.26. The predicted octanol–water partition coefficient (Wildman–Crippen LogP) is 6.34. The van der Waals surface area contributed by atoms with Crippen LogP contribution in [0.15, 0.2) is 12.1 Å². The lowest BCUT2D eigenvalue weighted by molar-refractivity contribution is 0.0613. The highest BCUT2D eigenvalue weighted by Crippen LogP contribution is 2.40. The van der Waals surface area contributed by atoms with Gasteiger partial charge in [-0.3, -0.25) is 0 Å². The number of hydrogen-bond donors (Lipinski definition) is 1. The van der Waals surface area contributed by atoms with Crippen LogP contribution in [0.1, 0.15) is 70.5 Å². The second kappa shape index (κ2) is 10.2. The van der Waals surface area contributed by atoms with Gasteiger partial charge in [0.15, 0.2) is 5.82 Å². The summed E-state index contributed by atoms with van der Waals surface area (Å²) in [5.41, 5.74) is 4.79. The minimum atomic E-state index is -0.0863. The van der Waals surface area contributed by atoms with Crippen molar-refractivity contribution in [3.05, 3.63) is 22.8 Å². The number of imidazole rings is 1. The topological polar surface area (TPSA) is 55.2 Å². The molecular formula is C28H41N5OS. The van der Waals surface area contributed by atoms with Gasteiger partial charge in [-0.2, -0.15) is 0 Å². The van der Waals surface area contributed by atoms with E-state index >= 15 is 0 Å². The average molecular weight is 496 g/mol. The Bertz CT molecular complexity index is 1210. The van der Waals surface area contributed by atoms with Crippen molar-refractivity contribution in [2.45, 2.75) is 78.3 Å².